The fourth-order valence-electron chi connectivity index (χ4n) is 2.05. The molecule has 0 amide bonds. The summed E-state index contributed by atoms with van der Waals surface area (Å²) in [5.41, 5.74) is 9.57. The van der Waals surface area contributed by atoms with Gasteiger partial charge < -0.3 is 11.1 Å². The Balaban J connectivity index is 2.20. The molecule has 1 aromatic heterocycles. The van der Waals surface area contributed by atoms with Crippen molar-refractivity contribution < 1.29 is 0 Å². The van der Waals surface area contributed by atoms with E-state index in [0.717, 1.165) is 35.5 Å². The Morgan fingerprint density at radius 1 is 1.21 bits per heavy atom. The SMILES string of the molecule is CCCNc1ncc([C@@H](N)c2ccccc2)cc1C. The van der Waals surface area contributed by atoms with Gasteiger partial charge in [-0.2, -0.15) is 0 Å². The summed E-state index contributed by atoms with van der Waals surface area (Å²) in [7, 11) is 0. The third-order valence-corrected chi connectivity index (χ3v) is 3.16. The highest BCUT2D eigenvalue weighted by Crippen LogP contribution is 2.22. The minimum Gasteiger partial charge on any atom is -0.370 e. The van der Waals surface area contributed by atoms with E-state index in [-0.39, 0.29) is 6.04 Å². The second-order valence-corrected chi connectivity index (χ2v) is 4.75. The highest BCUT2D eigenvalue weighted by atomic mass is 15.0. The van der Waals surface area contributed by atoms with Crippen LogP contribution in [0.2, 0.25) is 0 Å². The summed E-state index contributed by atoms with van der Waals surface area (Å²) in [6, 6.07) is 12.1. The number of nitrogens with zero attached hydrogens (tertiary/aromatic N) is 1. The number of pyridine rings is 1. The molecule has 1 aromatic carbocycles. The molecular formula is C16H21N3. The maximum atomic E-state index is 6.27. The lowest BCUT2D eigenvalue weighted by atomic mass is 10.00. The molecule has 0 unspecified atom stereocenters. The van der Waals surface area contributed by atoms with E-state index in [1.54, 1.807) is 0 Å². The van der Waals surface area contributed by atoms with E-state index in [1.807, 2.05) is 36.5 Å². The van der Waals surface area contributed by atoms with Crippen LogP contribution in [0, 0.1) is 6.92 Å². The summed E-state index contributed by atoms with van der Waals surface area (Å²) in [5, 5.41) is 3.32. The largest absolute Gasteiger partial charge is 0.370 e. The summed E-state index contributed by atoms with van der Waals surface area (Å²) in [5.74, 6) is 0.950. The number of benzene rings is 1. The van der Waals surface area contributed by atoms with E-state index in [9.17, 15) is 0 Å². The van der Waals surface area contributed by atoms with Gasteiger partial charge in [-0.3, -0.25) is 0 Å². The van der Waals surface area contributed by atoms with Crippen molar-refractivity contribution in [1.82, 2.24) is 4.98 Å². The molecule has 0 aliphatic carbocycles. The minimum atomic E-state index is -0.118. The molecule has 1 heterocycles. The van der Waals surface area contributed by atoms with Crippen molar-refractivity contribution in [2.45, 2.75) is 26.3 Å². The Hall–Kier alpha value is -1.87. The van der Waals surface area contributed by atoms with Crippen molar-refractivity contribution in [3.8, 4) is 0 Å². The van der Waals surface area contributed by atoms with Gasteiger partial charge in [0.15, 0.2) is 0 Å². The zero-order chi connectivity index (χ0) is 13.7. The molecule has 0 saturated heterocycles. The molecule has 3 N–H and O–H groups in total. The topological polar surface area (TPSA) is 50.9 Å². The average Bonchev–Trinajstić information content (AvgIpc) is 2.46. The quantitative estimate of drug-likeness (QED) is 0.862. The van der Waals surface area contributed by atoms with Crippen LogP contribution in [0.1, 0.15) is 36.1 Å². The van der Waals surface area contributed by atoms with Crippen LogP contribution in [-0.2, 0) is 0 Å². The molecular weight excluding hydrogens is 234 g/mol. The van der Waals surface area contributed by atoms with Gasteiger partial charge in [-0.15, -0.1) is 0 Å². The molecule has 0 saturated carbocycles. The van der Waals surface area contributed by atoms with E-state index < -0.39 is 0 Å². The molecule has 1 atom stereocenters. The standard InChI is InChI=1S/C16H21N3/c1-3-9-18-16-12(2)10-14(11-19-16)15(17)13-7-5-4-6-8-13/h4-8,10-11,15H,3,9,17H2,1-2H3,(H,18,19)/t15-/m0/s1. The molecule has 19 heavy (non-hydrogen) atoms. The predicted octanol–water partition coefficient (Wildman–Crippen LogP) is 3.26. The number of hydrogen-bond donors (Lipinski definition) is 2. The molecule has 0 spiro atoms. The lowest BCUT2D eigenvalue weighted by Crippen LogP contribution is -2.13. The van der Waals surface area contributed by atoms with E-state index in [2.05, 4.69) is 30.2 Å². The molecule has 0 bridgehead atoms. The number of nitrogens with two attached hydrogens (primary N) is 1. The van der Waals surface area contributed by atoms with Crippen LogP contribution in [0.25, 0.3) is 0 Å². The van der Waals surface area contributed by atoms with Crippen LogP contribution in [0.4, 0.5) is 5.82 Å². The average molecular weight is 255 g/mol. The minimum absolute atomic E-state index is 0.118. The van der Waals surface area contributed by atoms with Crippen LogP contribution in [0.15, 0.2) is 42.6 Å². The summed E-state index contributed by atoms with van der Waals surface area (Å²) >= 11 is 0. The molecule has 0 aliphatic rings. The van der Waals surface area contributed by atoms with Gasteiger partial charge >= 0.3 is 0 Å². The molecule has 0 aliphatic heterocycles. The maximum absolute atomic E-state index is 6.27. The Morgan fingerprint density at radius 2 is 1.95 bits per heavy atom. The molecule has 0 fully saturated rings. The van der Waals surface area contributed by atoms with Crippen molar-refractivity contribution in [3.63, 3.8) is 0 Å². The summed E-state index contributed by atoms with van der Waals surface area (Å²) in [6.07, 6.45) is 2.95. The summed E-state index contributed by atoms with van der Waals surface area (Å²) in [6.45, 7) is 5.14. The monoisotopic (exact) mass is 255 g/mol. The van der Waals surface area contributed by atoms with Gasteiger partial charge in [0.2, 0.25) is 0 Å². The van der Waals surface area contributed by atoms with Crippen LogP contribution in [-0.4, -0.2) is 11.5 Å². The van der Waals surface area contributed by atoms with Crippen molar-refractivity contribution in [2.24, 2.45) is 5.73 Å². The first-order valence-corrected chi connectivity index (χ1v) is 6.73. The van der Waals surface area contributed by atoms with Crippen LogP contribution < -0.4 is 11.1 Å². The fraction of sp³-hybridized carbons (Fsp3) is 0.312. The maximum Gasteiger partial charge on any atom is 0.128 e. The van der Waals surface area contributed by atoms with Gasteiger partial charge in [0.05, 0.1) is 6.04 Å². The molecule has 3 nitrogen and oxygen atoms in total. The van der Waals surface area contributed by atoms with Gasteiger partial charge in [-0.25, -0.2) is 4.98 Å². The van der Waals surface area contributed by atoms with E-state index >= 15 is 0 Å². The van der Waals surface area contributed by atoms with E-state index in [4.69, 9.17) is 5.73 Å². The zero-order valence-electron chi connectivity index (χ0n) is 11.6. The molecule has 2 rings (SSSR count). The Bertz CT molecular complexity index is 523. The Kier molecular flexibility index (Phi) is 4.53. The summed E-state index contributed by atoms with van der Waals surface area (Å²) < 4.78 is 0. The number of hydrogen-bond acceptors (Lipinski definition) is 3. The van der Waals surface area contributed by atoms with E-state index in [1.165, 1.54) is 0 Å². The van der Waals surface area contributed by atoms with Crippen molar-refractivity contribution in [2.75, 3.05) is 11.9 Å². The smallest absolute Gasteiger partial charge is 0.128 e. The second kappa shape index (κ2) is 6.34. The van der Waals surface area contributed by atoms with Crippen molar-refractivity contribution >= 4 is 5.82 Å². The number of nitrogens with one attached hydrogen (secondary N) is 1. The van der Waals surface area contributed by atoms with Gasteiger partial charge in [0.1, 0.15) is 5.82 Å². The van der Waals surface area contributed by atoms with Gasteiger partial charge in [0.25, 0.3) is 0 Å². The highest BCUT2D eigenvalue weighted by Gasteiger charge is 2.10. The molecule has 0 radical (unpaired) electrons. The van der Waals surface area contributed by atoms with Crippen molar-refractivity contribution in [1.29, 1.82) is 0 Å². The summed E-state index contributed by atoms with van der Waals surface area (Å²) in [4.78, 5) is 4.47. The third kappa shape index (κ3) is 3.32. The van der Waals surface area contributed by atoms with Crippen LogP contribution in [0.3, 0.4) is 0 Å². The van der Waals surface area contributed by atoms with Crippen LogP contribution in [0.5, 0.6) is 0 Å². The molecule has 2 aromatic rings. The number of rotatable bonds is 5. The molecule has 3 heteroatoms. The third-order valence-electron chi connectivity index (χ3n) is 3.16. The fourth-order valence-corrected chi connectivity index (χ4v) is 2.05. The lowest BCUT2D eigenvalue weighted by Gasteiger charge is -2.15. The normalized spacial score (nSPS) is 12.2. The van der Waals surface area contributed by atoms with Gasteiger partial charge in [-0.1, -0.05) is 37.3 Å². The number of aromatic nitrogens is 1. The number of anilines is 1. The molecule has 100 valence electrons. The number of aryl methyl sites for hydroxylation is 1. The zero-order valence-corrected chi connectivity index (χ0v) is 11.6. The highest BCUT2D eigenvalue weighted by molar-refractivity contribution is 5.46. The Labute approximate surface area is 114 Å². The van der Waals surface area contributed by atoms with Crippen molar-refractivity contribution in [3.05, 3.63) is 59.3 Å². The van der Waals surface area contributed by atoms with Gasteiger partial charge in [-0.05, 0) is 36.1 Å². The first-order chi connectivity index (χ1) is 9.22. The van der Waals surface area contributed by atoms with E-state index in [0.29, 0.717) is 0 Å². The first kappa shape index (κ1) is 13.6. The predicted molar refractivity (Wildman–Crippen MR) is 80.2 cm³/mol. The van der Waals surface area contributed by atoms with Crippen LogP contribution >= 0.6 is 0 Å². The Morgan fingerprint density at radius 3 is 2.58 bits per heavy atom. The first-order valence-electron chi connectivity index (χ1n) is 6.73. The lowest BCUT2D eigenvalue weighted by molar-refractivity contribution is 0.859. The van der Waals surface area contributed by atoms with Gasteiger partial charge in [0, 0.05) is 12.7 Å². The second-order valence-electron chi connectivity index (χ2n) is 4.75.